The highest BCUT2D eigenvalue weighted by atomic mass is 16.3. The van der Waals surface area contributed by atoms with Crippen molar-refractivity contribution in [3.8, 4) is 0 Å². The summed E-state index contributed by atoms with van der Waals surface area (Å²) in [6.45, 7) is 8.05. The molecule has 0 saturated carbocycles. The first-order chi connectivity index (χ1) is 10.7. The highest BCUT2D eigenvalue weighted by molar-refractivity contribution is 5.24. The summed E-state index contributed by atoms with van der Waals surface area (Å²) >= 11 is 0. The van der Waals surface area contributed by atoms with E-state index in [0.717, 1.165) is 25.3 Å². The van der Waals surface area contributed by atoms with E-state index in [2.05, 4.69) is 39.6 Å². The minimum absolute atomic E-state index is 0.137. The van der Waals surface area contributed by atoms with Crippen LogP contribution in [0.15, 0.2) is 18.7 Å². The number of aliphatic hydroxyl groups excluding tert-OH is 1. The van der Waals surface area contributed by atoms with Gasteiger partial charge in [0.15, 0.2) is 0 Å². The summed E-state index contributed by atoms with van der Waals surface area (Å²) in [6.07, 6.45) is 8.17. The van der Waals surface area contributed by atoms with E-state index in [1.165, 1.54) is 24.1 Å². The molecule has 1 aliphatic rings. The van der Waals surface area contributed by atoms with E-state index in [0.29, 0.717) is 12.6 Å². The maximum Gasteiger partial charge on any atom is 0.0948 e. The van der Waals surface area contributed by atoms with Crippen molar-refractivity contribution in [2.45, 2.75) is 45.8 Å². The highest BCUT2D eigenvalue weighted by Crippen LogP contribution is 2.24. The molecule has 6 nitrogen and oxygen atoms in total. The first-order valence-corrected chi connectivity index (χ1v) is 8.02. The fraction of sp³-hybridized carbons (Fsp3) is 0.625. The fourth-order valence-electron chi connectivity index (χ4n) is 3.36. The molecule has 0 bridgehead atoms. The Labute approximate surface area is 131 Å². The smallest absolute Gasteiger partial charge is 0.0948 e. The predicted octanol–water partition coefficient (Wildman–Crippen LogP) is 1.53. The molecule has 6 heteroatoms. The summed E-state index contributed by atoms with van der Waals surface area (Å²) < 4.78 is 4.15. The Morgan fingerprint density at radius 1 is 1.27 bits per heavy atom. The first kappa shape index (κ1) is 15.2. The summed E-state index contributed by atoms with van der Waals surface area (Å²) in [7, 11) is 0. The summed E-state index contributed by atoms with van der Waals surface area (Å²) in [5.41, 5.74) is 3.58. The van der Waals surface area contributed by atoms with Crippen LogP contribution in [0.3, 0.4) is 0 Å². The topological polar surface area (TPSA) is 59.1 Å². The molecule has 0 aromatic carbocycles. The average molecular weight is 303 g/mol. The van der Waals surface area contributed by atoms with E-state index >= 15 is 0 Å². The lowest BCUT2D eigenvalue weighted by Crippen LogP contribution is -2.34. The Kier molecular flexibility index (Phi) is 4.59. The summed E-state index contributed by atoms with van der Waals surface area (Å²) in [5.74, 6) is 0. The number of nitrogens with zero attached hydrogens (tertiary/aromatic N) is 5. The second kappa shape index (κ2) is 6.62. The third kappa shape index (κ3) is 3.08. The van der Waals surface area contributed by atoms with Gasteiger partial charge in [-0.2, -0.15) is 5.10 Å². The third-order valence-corrected chi connectivity index (χ3v) is 4.73. The fourth-order valence-corrected chi connectivity index (χ4v) is 3.36. The van der Waals surface area contributed by atoms with Gasteiger partial charge in [-0.3, -0.25) is 9.58 Å². The van der Waals surface area contributed by atoms with Crippen LogP contribution in [0.5, 0.6) is 0 Å². The molecular weight excluding hydrogens is 278 g/mol. The Balaban J connectivity index is 1.61. The lowest BCUT2D eigenvalue weighted by molar-refractivity contribution is 0.179. The minimum Gasteiger partial charge on any atom is -0.394 e. The summed E-state index contributed by atoms with van der Waals surface area (Å²) in [6, 6.07) is 0.582. The molecule has 0 spiro atoms. The van der Waals surface area contributed by atoms with Gasteiger partial charge < -0.3 is 9.67 Å². The van der Waals surface area contributed by atoms with E-state index in [4.69, 9.17) is 5.11 Å². The number of aryl methyl sites for hydroxylation is 1. The zero-order valence-corrected chi connectivity index (χ0v) is 13.4. The standard InChI is InChI=1S/C16H25N5O/c1-13-16(14(2)21(18-13)9-10-22)11-19-6-3-15(4-7-19)20-8-5-17-12-20/h5,8,12,15,22H,3-4,6-7,9-11H2,1-2H3. The van der Waals surface area contributed by atoms with E-state index in [1.807, 2.05) is 17.2 Å². The van der Waals surface area contributed by atoms with Gasteiger partial charge in [0.05, 0.1) is 25.2 Å². The van der Waals surface area contributed by atoms with E-state index in [-0.39, 0.29) is 6.61 Å². The van der Waals surface area contributed by atoms with Crippen molar-refractivity contribution < 1.29 is 5.11 Å². The average Bonchev–Trinajstić information content (AvgIpc) is 3.13. The Morgan fingerprint density at radius 3 is 2.68 bits per heavy atom. The van der Waals surface area contributed by atoms with E-state index < -0.39 is 0 Å². The summed E-state index contributed by atoms with van der Waals surface area (Å²) in [5, 5.41) is 13.6. The van der Waals surface area contributed by atoms with Gasteiger partial charge >= 0.3 is 0 Å². The monoisotopic (exact) mass is 303 g/mol. The van der Waals surface area contributed by atoms with Crippen LogP contribution in [0.25, 0.3) is 0 Å². The molecule has 22 heavy (non-hydrogen) atoms. The van der Waals surface area contributed by atoms with Crippen LogP contribution >= 0.6 is 0 Å². The molecule has 1 aliphatic heterocycles. The number of rotatable bonds is 5. The molecule has 0 atom stereocenters. The Hall–Kier alpha value is -1.66. The van der Waals surface area contributed by atoms with E-state index in [9.17, 15) is 0 Å². The molecule has 2 aromatic heterocycles. The van der Waals surface area contributed by atoms with Crippen LogP contribution < -0.4 is 0 Å². The number of aliphatic hydroxyl groups is 1. The van der Waals surface area contributed by atoms with Crippen LogP contribution in [-0.2, 0) is 13.1 Å². The van der Waals surface area contributed by atoms with E-state index in [1.54, 1.807) is 0 Å². The van der Waals surface area contributed by atoms with Gasteiger partial charge in [0.2, 0.25) is 0 Å². The molecule has 0 amide bonds. The molecule has 0 aliphatic carbocycles. The summed E-state index contributed by atoms with van der Waals surface area (Å²) in [4.78, 5) is 6.65. The SMILES string of the molecule is Cc1nn(CCO)c(C)c1CN1CCC(n2ccnc2)CC1. The maximum atomic E-state index is 9.11. The largest absolute Gasteiger partial charge is 0.394 e. The minimum atomic E-state index is 0.137. The predicted molar refractivity (Wildman–Crippen MR) is 84.6 cm³/mol. The second-order valence-corrected chi connectivity index (χ2v) is 6.11. The van der Waals surface area contributed by atoms with Crippen molar-refractivity contribution in [1.29, 1.82) is 0 Å². The maximum absolute atomic E-state index is 9.11. The van der Waals surface area contributed by atoms with Crippen LogP contribution in [0.1, 0.15) is 35.8 Å². The van der Waals surface area contributed by atoms with Crippen LogP contribution in [0, 0.1) is 13.8 Å². The van der Waals surface area contributed by atoms with Crippen LogP contribution in [0.2, 0.25) is 0 Å². The normalized spacial score (nSPS) is 17.2. The molecule has 0 unspecified atom stereocenters. The Morgan fingerprint density at radius 2 is 2.05 bits per heavy atom. The van der Waals surface area contributed by atoms with Crippen LogP contribution in [-0.4, -0.2) is 49.0 Å². The quantitative estimate of drug-likeness (QED) is 0.910. The first-order valence-electron chi connectivity index (χ1n) is 8.02. The molecule has 1 fully saturated rings. The van der Waals surface area contributed by atoms with Crippen molar-refractivity contribution in [2.24, 2.45) is 0 Å². The molecule has 0 radical (unpaired) electrons. The lowest BCUT2D eigenvalue weighted by Gasteiger charge is -2.32. The highest BCUT2D eigenvalue weighted by Gasteiger charge is 2.22. The van der Waals surface area contributed by atoms with Crippen molar-refractivity contribution in [1.82, 2.24) is 24.2 Å². The zero-order valence-electron chi connectivity index (χ0n) is 13.4. The number of piperidine rings is 1. The van der Waals surface area contributed by atoms with Gasteiger partial charge in [-0.1, -0.05) is 0 Å². The zero-order chi connectivity index (χ0) is 15.5. The number of likely N-dealkylation sites (tertiary alicyclic amines) is 1. The number of aromatic nitrogens is 4. The van der Waals surface area contributed by atoms with Gasteiger partial charge in [-0.05, 0) is 26.7 Å². The van der Waals surface area contributed by atoms with Crippen molar-refractivity contribution in [3.63, 3.8) is 0 Å². The van der Waals surface area contributed by atoms with Gasteiger partial charge in [-0.15, -0.1) is 0 Å². The van der Waals surface area contributed by atoms with Crippen molar-refractivity contribution >= 4 is 0 Å². The van der Waals surface area contributed by atoms with Gasteiger partial charge in [-0.25, -0.2) is 4.98 Å². The van der Waals surface area contributed by atoms with Crippen LogP contribution in [0.4, 0.5) is 0 Å². The third-order valence-electron chi connectivity index (χ3n) is 4.73. The molecule has 3 heterocycles. The molecular formula is C16H25N5O. The number of imidazole rings is 1. The Bertz CT molecular complexity index is 596. The lowest BCUT2D eigenvalue weighted by atomic mass is 10.0. The second-order valence-electron chi connectivity index (χ2n) is 6.11. The van der Waals surface area contributed by atoms with Gasteiger partial charge in [0.25, 0.3) is 0 Å². The van der Waals surface area contributed by atoms with Crippen molar-refractivity contribution in [2.75, 3.05) is 19.7 Å². The molecule has 1 saturated heterocycles. The van der Waals surface area contributed by atoms with Gasteiger partial charge in [0, 0.05) is 49.3 Å². The van der Waals surface area contributed by atoms with Crippen molar-refractivity contribution in [3.05, 3.63) is 35.7 Å². The number of hydrogen-bond donors (Lipinski definition) is 1. The molecule has 1 N–H and O–H groups in total. The van der Waals surface area contributed by atoms with Gasteiger partial charge in [0.1, 0.15) is 0 Å². The molecule has 3 rings (SSSR count). The molecule has 120 valence electrons. The molecule has 2 aromatic rings. The number of hydrogen-bond acceptors (Lipinski definition) is 4.